The molecule has 0 radical (unpaired) electrons. The van der Waals surface area contributed by atoms with Gasteiger partial charge in [0.1, 0.15) is 0 Å². The Labute approximate surface area is 125 Å². The number of rotatable bonds is 10. The fourth-order valence-corrected chi connectivity index (χ4v) is 1.74. The minimum Gasteiger partial charge on any atom is -0.484 e. The van der Waals surface area contributed by atoms with Crippen LogP contribution in [0.2, 0.25) is 0 Å². The molecular weight excluding hydrogens is 272 g/mol. The molecule has 1 aromatic carbocycles. The summed E-state index contributed by atoms with van der Waals surface area (Å²) >= 11 is 0. The Hall–Kier alpha value is -1.82. The third-order valence-corrected chi connectivity index (χ3v) is 2.74. The van der Waals surface area contributed by atoms with E-state index in [1.165, 1.54) is 6.07 Å². The summed E-state index contributed by atoms with van der Waals surface area (Å²) in [6.45, 7) is 7.83. The molecule has 0 saturated heterocycles. The monoisotopic (exact) mass is 296 g/mol. The molecule has 0 fully saturated rings. The summed E-state index contributed by atoms with van der Waals surface area (Å²) in [4.78, 5) is 10.5. The molecule has 118 valence electrons. The Balaban J connectivity index is 2.57. The number of hydrogen-bond donors (Lipinski definition) is 1. The Kier molecular flexibility index (Phi) is 7.53. The molecule has 1 aromatic rings. The summed E-state index contributed by atoms with van der Waals surface area (Å²) in [5.74, 6) is 0.284. The fourth-order valence-electron chi connectivity index (χ4n) is 1.74. The van der Waals surface area contributed by atoms with Crippen molar-refractivity contribution >= 4 is 11.4 Å². The Bertz CT molecular complexity index is 449. The minimum atomic E-state index is -0.435. The van der Waals surface area contributed by atoms with E-state index in [9.17, 15) is 10.1 Å². The number of unbranched alkanes of at least 4 members (excludes halogenated alkanes) is 1. The molecule has 0 amide bonds. The Morgan fingerprint density at radius 1 is 1.33 bits per heavy atom. The van der Waals surface area contributed by atoms with E-state index in [0.29, 0.717) is 13.2 Å². The van der Waals surface area contributed by atoms with Gasteiger partial charge in [-0.25, -0.2) is 0 Å². The SMILES string of the molecule is CCCCOCCNc1ccc([N+](=O)[O-])c(OC(C)C)c1. The molecule has 0 spiro atoms. The van der Waals surface area contributed by atoms with Crippen molar-refractivity contribution in [2.24, 2.45) is 0 Å². The van der Waals surface area contributed by atoms with Crippen LogP contribution < -0.4 is 10.1 Å². The van der Waals surface area contributed by atoms with E-state index in [4.69, 9.17) is 9.47 Å². The zero-order chi connectivity index (χ0) is 15.7. The van der Waals surface area contributed by atoms with Crippen molar-refractivity contribution < 1.29 is 14.4 Å². The molecule has 0 aliphatic carbocycles. The number of hydrogen-bond acceptors (Lipinski definition) is 5. The molecule has 0 aliphatic rings. The van der Waals surface area contributed by atoms with E-state index in [1.54, 1.807) is 12.1 Å². The molecule has 6 heteroatoms. The standard InChI is InChI=1S/C15H24N2O4/c1-4-5-9-20-10-8-16-13-6-7-14(17(18)19)15(11-13)21-12(2)3/h6-7,11-12,16H,4-5,8-10H2,1-3H3. The second-order valence-corrected chi connectivity index (χ2v) is 5.00. The van der Waals surface area contributed by atoms with Crippen molar-refractivity contribution in [2.75, 3.05) is 25.1 Å². The van der Waals surface area contributed by atoms with Crippen LogP contribution in [0.15, 0.2) is 18.2 Å². The van der Waals surface area contributed by atoms with Crippen LogP contribution in [-0.2, 0) is 4.74 Å². The normalized spacial score (nSPS) is 10.7. The highest BCUT2D eigenvalue weighted by atomic mass is 16.6. The lowest BCUT2D eigenvalue weighted by atomic mass is 10.2. The van der Waals surface area contributed by atoms with Gasteiger partial charge in [-0.2, -0.15) is 0 Å². The smallest absolute Gasteiger partial charge is 0.311 e. The van der Waals surface area contributed by atoms with Gasteiger partial charge in [0.2, 0.25) is 0 Å². The molecule has 6 nitrogen and oxygen atoms in total. The van der Waals surface area contributed by atoms with Crippen LogP contribution >= 0.6 is 0 Å². The predicted molar refractivity (Wildman–Crippen MR) is 83.1 cm³/mol. The van der Waals surface area contributed by atoms with E-state index >= 15 is 0 Å². The van der Waals surface area contributed by atoms with Crippen LogP contribution in [0, 0.1) is 10.1 Å². The van der Waals surface area contributed by atoms with Crippen molar-refractivity contribution in [3.05, 3.63) is 28.3 Å². The van der Waals surface area contributed by atoms with Gasteiger partial charge in [-0.05, 0) is 26.3 Å². The maximum absolute atomic E-state index is 11.0. The summed E-state index contributed by atoms with van der Waals surface area (Å²) in [5, 5.41) is 14.1. The van der Waals surface area contributed by atoms with Crippen molar-refractivity contribution in [1.82, 2.24) is 0 Å². The number of ether oxygens (including phenoxy) is 2. The zero-order valence-corrected chi connectivity index (χ0v) is 12.9. The number of nitro benzene ring substituents is 1. The summed E-state index contributed by atoms with van der Waals surface area (Å²) < 4.78 is 10.9. The van der Waals surface area contributed by atoms with E-state index in [-0.39, 0.29) is 17.5 Å². The first-order chi connectivity index (χ1) is 10.0. The second-order valence-electron chi connectivity index (χ2n) is 5.00. The van der Waals surface area contributed by atoms with E-state index in [1.807, 2.05) is 13.8 Å². The first-order valence-corrected chi connectivity index (χ1v) is 7.31. The van der Waals surface area contributed by atoms with Gasteiger partial charge in [-0.1, -0.05) is 13.3 Å². The van der Waals surface area contributed by atoms with Crippen molar-refractivity contribution in [1.29, 1.82) is 0 Å². The van der Waals surface area contributed by atoms with Crippen LogP contribution in [0.5, 0.6) is 5.75 Å². The predicted octanol–water partition coefficient (Wildman–Crippen LogP) is 3.61. The average Bonchev–Trinajstić information content (AvgIpc) is 2.42. The van der Waals surface area contributed by atoms with Crippen LogP contribution in [0.25, 0.3) is 0 Å². The number of nitrogens with zero attached hydrogens (tertiary/aromatic N) is 1. The van der Waals surface area contributed by atoms with Crippen molar-refractivity contribution in [3.8, 4) is 5.75 Å². The van der Waals surface area contributed by atoms with E-state index < -0.39 is 4.92 Å². The largest absolute Gasteiger partial charge is 0.484 e. The van der Waals surface area contributed by atoms with E-state index in [0.717, 1.165) is 25.1 Å². The highest BCUT2D eigenvalue weighted by Gasteiger charge is 2.16. The minimum absolute atomic E-state index is 0.0200. The lowest BCUT2D eigenvalue weighted by Gasteiger charge is -2.12. The molecule has 21 heavy (non-hydrogen) atoms. The third-order valence-electron chi connectivity index (χ3n) is 2.74. The molecule has 0 aromatic heterocycles. The Morgan fingerprint density at radius 2 is 2.10 bits per heavy atom. The lowest BCUT2D eigenvalue weighted by molar-refractivity contribution is -0.386. The molecule has 1 rings (SSSR count). The van der Waals surface area contributed by atoms with Crippen LogP contribution in [0.4, 0.5) is 11.4 Å². The van der Waals surface area contributed by atoms with Crippen molar-refractivity contribution in [3.63, 3.8) is 0 Å². The third kappa shape index (κ3) is 6.44. The van der Waals surface area contributed by atoms with Gasteiger partial charge in [0.15, 0.2) is 5.75 Å². The Morgan fingerprint density at radius 3 is 2.71 bits per heavy atom. The molecule has 0 heterocycles. The van der Waals surface area contributed by atoms with Crippen LogP contribution in [0.3, 0.4) is 0 Å². The summed E-state index contributed by atoms with van der Waals surface area (Å²) in [6, 6.07) is 4.79. The lowest BCUT2D eigenvalue weighted by Crippen LogP contribution is -2.11. The number of benzene rings is 1. The van der Waals surface area contributed by atoms with Crippen LogP contribution in [0.1, 0.15) is 33.6 Å². The summed E-state index contributed by atoms with van der Waals surface area (Å²) in [7, 11) is 0. The summed E-state index contributed by atoms with van der Waals surface area (Å²) in [6.07, 6.45) is 2.06. The molecule has 0 unspecified atom stereocenters. The topological polar surface area (TPSA) is 73.6 Å². The number of anilines is 1. The van der Waals surface area contributed by atoms with Gasteiger partial charge >= 0.3 is 5.69 Å². The van der Waals surface area contributed by atoms with Gasteiger partial charge in [0.25, 0.3) is 0 Å². The highest BCUT2D eigenvalue weighted by molar-refractivity contribution is 5.58. The van der Waals surface area contributed by atoms with Crippen molar-refractivity contribution in [2.45, 2.75) is 39.7 Å². The number of nitrogens with one attached hydrogen (secondary N) is 1. The van der Waals surface area contributed by atoms with E-state index in [2.05, 4.69) is 12.2 Å². The van der Waals surface area contributed by atoms with Crippen LogP contribution in [-0.4, -0.2) is 30.8 Å². The second kappa shape index (κ2) is 9.18. The average molecular weight is 296 g/mol. The first kappa shape index (κ1) is 17.2. The maximum atomic E-state index is 11.0. The summed E-state index contributed by atoms with van der Waals surface area (Å²) in [5.41, 5.74) is 0.767. The van der Waals surface area contributed by atoms with Gasteiger partial charge in [0, 0.05) is 31.0 Å². The van der Waals surface area contributed by atoms with Gasteiger partial charge < -0.3 is 14.8 Å². The molecule has 0 bridgehead atoms. The maximum Gasteiger partial charge on any atom is 0.311 e. The first-order valence-electron chi connectivity index (χ1n) is 7.31. The van der Waals surface area contributed by atoms with Gasteiger partial charge in [-0.15, -0.1) is 0 Å². The van der Waals surface area contributed by atoms with Gasteiger partial charge in [-0.3, -0.25) is 10.1 Å². The molecule has 1 N–H and O–H groups in total. The number of nitro groups is 1. The zero-order valence-electron chi connectivity index (χ0n) is 12.9. The molecule has 0 aliphatic heterocycles. The fraction of sp³-hybridized carbons (Fsp3) is 0.600. The quantitative estimate of drug-likeness (QED) is 0.405. The van der Waals surface area contributed by atoms with Gasteiger partial charge in [0.05, 0.1) is 17.6 Å². The highest BCUT2D eigenvalue weighted by Crippen LogP contribution is 2.30. The molecule has 0 saturated carbocycles. The molecule has 0 atom stereocenters. The molecular formula is C15H24N2O4.